The molecular formula is C16H12N4O5S. The van der Waals surface area contributed by atoms with Gasteiger partial charge in [0.2, 0.25) is 5.89 Å². The number of nitrogens with one attached hydrogen (secondary N) is 1. The van der Waals surface area contributed by atoms with Gasteiger partial charge in [-0.15, -0.1) is 5.10 Å². The first kappa shape index (κ1) is 17.3. The first-order valence-electron chi connectivity index (χ1n) is 7.26. The van der Waals surface area contributed by atoms with Gasteiger partial charge in [0.1, 0.15) is 5.75 Å². The van der Waals surface area contributed by atoms with E-state index in [1.165, 1.54) is 18.2 Å². The lowest BCUT2D eigenvalue weighted by molar-refractivity contribution is -0.380. The van der Waals surface area contributed by atoms with Crippen molar-refractivity contribution >= 4 is 34.3 Å². The van der Waals surface area contributed by atoms with Crippen LogP contribution in [0.1, 0.15) is 4.88 Å². The lowest BCUT2D eigenvalue weighted by atomic mass is 10.2. The summed E-state index contributed by atoms with van der Waals surface area (Å²) in [7, 11) is 1.57. The van der Waals surface area contributed by atoms with Gasteiger partial charge in [0, 0.05) is 22.6 Å². The van der Waals surface area contributed by atoms with Crippen LogP contribution in [-0.2, 0) is 4.79 Å². The number of carbonyl (C=O) groups is 1. The molecule has 26 heavy (non-hydrogen) atoms. The quantitative estimate of drug-likeness (QED) is 0.400. The number of hydrogen-bond acceptors (Lipinski definition) is 8. The van der Waals surface area contributed by atoms with Crippen molar-refractivity contribution < 1.29 is 18.9 Å². The zero-order chi connectivity index (χ0) is 18.5. The van der Waals surface area contributed by atoms with Crippen molar-refractivity contribution in [3.8, 4) is 17.2 Å². The Bertz CT molecular complexity index is 961. The van der Waals surface area contributed by atoms with E-state index in [0.29, 0.717) is 16.2 Å². The predicted molar refractivity (Wildman–Crippen MR) is 94.9 cm³/mol. The van der Waals surface area contributed by atoms with E-state index >= 15 is 0 Å². The summed E-state index contributed by atoms with van der Waals surface area (Å²) in [5.41, 5.74) is 0.681. The number of aromatic nitrogens is 2. The van der Waals surface area contributed by atoms with E-state index in [1.807, 2.05) is 0 Å². The normalized spacial score (nSPS) is 10.8. The molecule has 2 heterocycles. The molecule has 0 saturated carbocycles. The van der Waals surface area contributed by atoms with Crippen molar-refractivity contribution in [2.45, 2.75) is 0 Å². The monoisotopic (exact) mass is 372 g/mol. The van der Waals surface area contributed by atoms with Crippen molar-refractivity contribution in [2.75, 3.05) is 12.4 Å². The average molecular weight is 372 g/mol. The van der Waals surface area contributed by atoms with Gasteiger partial charge >= 0.3 is 11.0 Å². The number of thiophene rings is 1. The Hall–Kier alpha value is -3.53. The highest BCUT2D eigenvalue weighted by Crippen LogP contribution is 2.25. The number of ether oxygens (including phenoxy) is 1. The van der Waals surface area contributed by atoms with Gasteiger partial charge in [-0.2, -0.15) is 0 Å². The third-order valence-electron chi connectivity index (χ3n) is 3.18. The number of carbonyl (C=O) groups excluding carboxylic acids is 1. The first-order chi connectivity index (χ1) is 12.5. The first-order valence-corrected chi connectivity index (χ1v) is 8.08. The summed E-state index contributed by atoms with van der Waals surface area (Å²) in [6, 6.07) is 9.88. The van der Waals surface area contributed by atoms with Crippen LogP contribution < -0.4 is 10.1 Å². The van der Waals surface area contributed by atoms with Crippen LogP contribution in [0.2, 0.25) is 0 Å². The molecule has 2 aromatic heterocycles. The fourth-order valence-corrected chi connectivity index (χ4v) is 2.68. The van der Waals surface area contributed by atoms with Crippen LogP contribution in [0.5, 0.6) is 5.75 Å². The molecule has 0 radical (unpaired) electrons. The molecule has 1 amide bonds. The van der Waals surface area contributed by atoms with Crippen LogP contribution in [0.25, 0.3) is 17.5 Å². The van der Waals surface area contributed by atoms with E-state index in [1.54, 1.807) is 37.4 Å². The van der Waals surface area contributed by atoms with E-state index in [0.717, 1.165) is 11.3 Å². The maximum Gasteiger partial charge on any atom is 0.324 e. The van der Waals surface area contributed by atoms with Gasteiger partial charge in [0.25, 0.3) is 5.91 Å². The Kier molecular flexibility index (Phi) is 5.04. The maximum absolute atomic E-state index is 11.9. The second-order valence-corrected chi connectivity index (χ2v) is 5.99. The Morgan fingerprint density at radius 1 is 1.27 bits per heavy atom. The van der Waals surface area contributed by atoms with Gasteiger partial charge in [-0.1, -0.05) is 16.4 Å². The molecule has 0 unspecified atom stereocenters. The maximum atomic E-state index is 11.9. The van der Waals surface area contributed by atoms with E-state index in [2.05, 4.69) is 15.5 Å². The third kappa shape index (κ3) is 4.11. The molecule has 10 heteroatoms. The topological polar surface area (TPSA) is 120 Å². The predicted octanol–water partition coefficient (Wildman–Crippen LogP) is 3.37. The molecule has 0 aliphatic heterocycles. The average Bonchev–Trinajstić information content (AvgIpc) is 3.30. The second kappa shape index (κ2) is 7.57. The van der Waals surface area contributed by atoms with Crippen LogP contribution >= 0.6 is 11.3 Å². The molecule has 1 aromatic carbocycles. The van der Waals surface area contributed by atoms with Crippen molar-refractivity contribution in [3.05, 3.63) is 57.5 Å². The minimum Gasteiger partial charge on any atom is -0.497 e. The van der Waals surface area contributed by atoms with Crippen molar-refractivity contribution in [1.29, 1.82) is 0 Å². The van der Waals surface area contributed by atoms with Crippen LogP contribution in [0, 0.1) is 10.1 Å². The molecule has 3 rings (SSSR count). The molecule has 0 saturated heterocycles. The van der Waals surface area contributed by atoms with Crippen molar-refractivity contribution in [1.82, 2.24) is 10.2 Å². The summed E-state index contributed by atoms with van der Waals surface area (Å²) in [4.78, 5) is 22.6. The number of nitrogens with zero attached hydrogens (tertiary/aromatic N) is 3. The molecule has 0 aliphatic carbocycles. The van der Waals surface area contributed by atoms with Crippen molar-refractivity contribution in [3.63, 3.8) is 0 Å². The van der Waals surface area contributed by atoms with Gasteiger partial charge in [0.05, 0.1) is 12.0 Å². The van der Waals surface area contributed by atoms with Crippen molar-refractivity contribution in [2.24, 2.45) is 0 Å². The van der Waals surface area contributed by atoms with E-state index in [4.69, 9.17) is 9.15 Å². The van der Waals surface area contributed by atoms with Crippen LogP contribution in [-0.4, -0.2) is 28.1 Å². The number of nitro groups is 1. The van der Waals surface area contributed by atoms with Gasteiger partial charge in [-0.25, -0.2) is 0 Å². The molecule has 0 fully saturated rings. The second-order valence-electron chi connectivity index (χ2n) is 4.90. The highest BCUT2D eigenvalue weighted by atomic mass is 32.1. The van der Waals surface area contributed by atoms with Crippen LogP contribution in [0.4, 0.5) is 11.0 Å². The highest BCUT2D eigenvalue weighted by Gasteiger charge is 2.11. The Labute approximate surface area is 151 Å². The number of methoxy groups -OCH3 is 1. The number of rotatable bonds is 6. The van der Waals surface area contributed by atoms with Gasteiger partial charge < -0.3 is 9.15 Å². The van der Waals surface area contributed by atoms with Crippen LogP contribution in [0.15, 0.2) is 46.9 Å². The number of hydrogen-bond donors (Lipinski definition) is 1. The lowest BCUT2D eigenvalue weighted by Gasteiger charge is -1.99. The van der Waals surface area contributed by atoms with E-state index < -0.39 is 10.8 Å². The van der Waals surface area contributed by atoms with E-state index in [9.17, 15) is 14.9 Å². The molecule has 3 aromatic rings. The summed E-state index contributed by atoms with van der Waals surface area (Å²) in [6.07, 6.45) is 2.70. The summed E-state index contributed by atoms with van der Waals surface area (Å²) in [5.74, 6) is 0.451. The van der Waals surface area contributed by atoms with Gasteiger partial charge in [0.15, 0.2) is 0 Å². The third-order valence-corrected chi connectivity index (χ3v) is 4.19. The largest absolute Gasteiger partial charge is 0.497 e. The molecule has 132 valence electrons. The molecular weight excluding hydrogens is 360 g/mol. The Morgan fingerprint density at radius 2 is 2.04 bits per heavy atom. The minimum absolute atomic E-state index is 0.00564. The smallest absolute Gasteiger partial charge is 0.324 e. The standard InChI is InChI=1S/C16H12N4O5S/c1-24-11-4-2-10(3-5-11)15-18-19-16(25-15)17-13(21)8-6-12-7-9-14(26-12)20(22)23/h2-9H,1H3,(H,17,19,21)/b8-6+. The molecule has 0 atom stereocenters. The Morgan fingerprint density at radius 3 is 2.69 bits per heavy atom. The molecule has 0 spiro atoms. The Balaban J connectivity index is 1.63. The lowest BCUT2D eigenvalue weighted by Crippen LogP contribution is -2.07. The fourth-order valence-electron chi connectivity index (χ4n) is 1.96. The summed E-state index contributed by atoms with van der Waals surface area (Å²) >= 11 is 0.966. The highest BCUT2D eigenvalue weighted by molar-refractivity contribution is 7.16. The zero-order valence-corrected chi connectivity index (χ0v) is 14.2. The van der Waals surface area contributed by atoms with Gasteiger partial charge in [-0.3, -0.25) is 20.2 Å². The number of amides is 1. The molecule has 0 aliphatic rings. The summed E-state index contributed by atoms with van der Waals surface area (Å²) in [5, 5.41) is 20.7. The molecule has 0 bridgehead atoms. The SMILES string of the molecule is COc1ccc(-c2nnc(NC(=O)/C=C/c3ccc([N+](=O)[O-])s3)o2)cc1. The zero-order valence-electron chi connectivity index (χ0n) is 13.4. The van der Waals surface area contributed by atoms with Gasteiger partial charge in [-0.05, 0) is 36.4 Å². The fraction of sp³-hybridized carbons (Fsp3) is 0.0625. The molecule has 9 nitrogen and oxygen atoms in total. The summed E-state index contributed by atoms with van der Waals surface area (Å²) < 4.78 is 10.5. The van der Waals surface area contributed by atoms with Crippen LogP contribution in [0.3, 0.4) is 0 Å². The molecule has 1 N–H and O–H groups in total. The summed E-state index contributed by atoms with van der Waals surface area (Å²) in [6.45, 7) is 0. The minimum atomic E-state index is -0.494. The van der Waals surface area contributed by atoms with E-state index in [-0.39, 0.29) is 16.9 Å². The number of anilines is 1. The number of benzene rings is 1.